The molecule has 2 rings (SSSR count). The number of nitrogens with zero attached hydrogens (tertiary/aromatic N) is 3. The molecule has 0 aliphatic rings. The fourth-order valence-electron chi connectivity index (χ4n) is 2.62. The molecule has 0 spiro atoms. The normalized spacial score (nSPS) is 11.3. The number of hydrogen-bond donors (Lipinski definition) is 1. The molecule has 0 bridgehead atoms. The molecule has 21 heavy (non-hydrogen) atoms. The molecule has 0 saturated carbocycles. The van der Waals surface area contributed by atoms with Crippen molar-refractivity contribution in [3.8, 4) is 0 Å². The van der Waals surface area contributed by atoms with Gasteiger partial charge in [0.15, 0.2) is 0 Å². The summed E-state index contributed by atoms with van der Waals surface area (Å²) in [7, 11) is 2.19. The monoisotopic (exact) mass is 286 g/mol. The number of aryl methyl sites for hydroxylation is 3. The lowest BCUT2D eigenvalue weighted by molar-refractivity contribution is 0.332. The van der Waals surface area contributed by atoms with E-state index in [4.69, 9.17) is 0 Å². The number of H-pyrrole nitrogens is 1. The number of aromatic nitrogens is 3. The molecule has 0 unspecified atom stereocenters. The van der Waals surface area contributed by atoms with Gasteiger partial charge < -0.3 is 4.90 Å². The van der Waals surface area contributed by atoms with Crippen molar-refractivity contribution in [2.45, 2.75) is 40.0 Å². The topological polar surface area (TPSA) is 44.8 Å². The van der Waals surface area contributed by atoms with Crippen LogP contribution in [0.25, 0.3) is 0 Å². The van der Waals surface area contributed by atoms with Gasteiger partial charge in [-0.15, -0.1) is 0 Å². The van der Waals surface area contributed by atoms with E-state index < -0.39 is 0 Å². The third kappa shape index (κ3) is 4.67. The van der Waals surface area contributed by atoms with Crippen LogP contribution in [0.4, 0.5) is 0 Å². The fraction of sp³-hybridized carbons (Fsp3) is 0.529. The molecule has 0 radical (unpaired) electrons. The summed E-state index contributed by atoms with van der Waals surface area (Å²) in [5, 5.41) is 7.31. The van der Waals surface area contributed by atoms with Gasteiger partial charge in [0.1, 0.15) is 0 Å². The molecule has 4 heteroatoms. The Morgan fingerprint density at radius 3 is 2.57 bits per heavy atom. The summed E-state index contributed by atoms with van der Waals surface area (Å²) in [5.74, 6) is 0. The van der Waals surface area contributed by atoms with Gasteiger partial charge in [0, 0.05) is 30.0 Å². The molecule has 2 aromatic rings. The van der Waals surface area contributed by atoms with Crippen LogP contribution in [-0.2, 0) is 12.8 Å². The summed E-state index contributed by atoms with van der Waals surface area (Å²) in [6, 6.07) is 6.24. The van der Waals surface area contributed by atoms with E-state index in [1.807, 2.05) is 13.0 Å². The van der Waals surface area contributed by atoms with Gasteiger partial charge in [-0.3, -0.25) is 10.1 Å². The summed E-state index contributed by atoms with van der Waals surface area (Å²) in [4.78, 5) is 6.93. The van der Waals surface area contributed by atoms with E-state index >= 15 is 0 Å². The Balaban J connectivity index is 1.71. The van der Waals surface area contributed by atoms with Crippen LogP contribution in [0, 0.1) is 20.8 Å². The van der Waals surface area contributed by atoms with E-state index in [-0.39, 0.29) is 0 Å². The smallest absolute Gasteiger partial charge is 0.0625 e. The van der Waals surface area contributed by atoms with E-state index in [2.05, 4.69) is 53.1 Å². The second-order valence-electron chi connectivity index (χ2n) is 5.84. The third-order valence-electron chi connectivity index (χ3n) is 3.94. The molecular weight excluding hydrogens is 260 g/mol. The molecule has 4 nitrogen and oxygen atoms in total. The van der Waals surface area contributed by atoms with Gasteiger partial charge in [-0.2, -0.15) is 5.10 Å². The lowest BCUT2D eigenvalue weighted by atomic mass is 10.1. The third-order valence-corrected chi connectivity index (χ3v) is 3.94. The van der Waals surface area contributed by atoms with E-state index in [1.165, 1.54) is 23.4 Å². The standard InChI is InChI=1S/C17H26N4/c1-13-7-5-8-16(18-13)10-12-21(4)11-6-9-17-14(2)19-20-15(17)3/h5,7-8H,6,9-12H2,1-4H3,(H,19,20). The summed E-state index contributed by atoms with van der Waals surface area (Å²) in [5.41, 5.74) is 6.01. The van der Waals surface area contributed by atoms with Crippen molar-refractivity contribution in [1.82, 2.24) is 20.1 Å². The van der Waals surface area contributed by atoms with Gasteiger partial charge >= 0.3 is 0 Å². The maximum atomic E-state index is 4.55. The van der Waals surface area contributed by atoms with Gasteiger partial charge in [0.25, 0.3) is 0 Å². The molecule has 114 valence electrons. The zero-order chi connectivity index (χ0) is 15.2. The van der Waals surface area contributed by atoms with Crippen LogP contribution in [0.5, 0.6) is 0 Å². The first-order chi connectivity index (χ1) is 10.1. The lowest BCUT2D eigenvalue weighted by Crippen LogP contribution is -2.23. The van der Waals surface area contributed by atoms with Crippen LogP contribution in [0.2, 0.25) is 0 Å². The Morgan fingerprint density at radius 1 is 1.10 bits per heavy atom. The van der Waals surface area contributed by atoms with Crippen LogP contribution in [0.3, 0.4) is 0 Å². The predicted octanol–water partition coefficient (Wildman–Crippen LogP) is 2.84. The maximum Gasteiger partial charge on any atom is 0.0625 e. The van der Waals surface area contributed by atoms with E-state index in [0.29, 0.717) is 0 Å². The minimum atomic E-state index is 1.02. The number of hydrogen-bond acceptors (Lipinski definition) is 3. The van der Waals surface area contributed by atoms with Crippen LogP contribution < -0.4 is 0 Å². The quantitative estimate of drug-likeness (QED) is 0.851. The largest absolute Gasteiger partial charge is 0.306 e. The molecule has 1 N–H and O–H groups in total. The Kier molecular flexibility index (Phi) is 5.51. The highest BCUT2D eigenvalue weighted by Crippen LogP contribution is 2.12. The van der Waals surface area contributed by atoms with Crippen molar-refractivity contribution < 1.29 is 0 Å². The molecule has 0 aromatic carbocycles. The molecule has 0 aliphatic heterocycles. The zero-order valence-corrected chi connectivity index (χ0v) is 13.6. The Labute approximate surface area is 127 Å². The molecule has 0 aliphatic carbocycles. The van der Waals surface area contributed by atoms with Crippen molar-refractivity contribution in [2.24, 2.45) is 0 Å². The first-order valence-electron chi connectivity index (χ1n) is 7.68. The van der Waals surface area contributed by atoms with Crippen molar-refractivity contribution in [1.29, 1.82) is 0 Å². The first kappa shape index (κ1) is 15.7. The summed E-state index contributed by atoms with van der Waals surface area (Å²) >= 11 is 0. The SMILES string of the molecule is Cc1cccc(CCN(C)CCCc2c(C)n[nH]c2C)n1. The Bertz CT molecular complexity index is 554. The molecule has 0 fully saturated rings. The van der Waals surface area contributed by atoms with Crippen LogP contribution in [-0.4, -0.2) is 40.2 Å². The second kappa shape index (κ2) is 7.36. The van der Waals surface area contributed by atoms with Crippen LogP contribution >= 0.6 is 0 Å². The highest BCUT2D eigenvalue weighted by molar-refractivity contribution is 5.23. The number of aromatic amines is 1. The zero-order valence-electron chi connectivity index (χ0n) is 13.6. The minimum absolute atomic E-state index is 1.02. The Morgan fingerprint density at radius 2 is 1.90 bits per heavy atom. The number of likely N-dealkylation sites (N-methyl/N-ethyl adjacent to an activating group) is 1. The number of nitrogens with one attached hydrogen (secondary N) is 1. The van der Waals surface area contributed by atoms with Crippen LogP contribution in [0.1, 0.15) is 34.8 Å². The van der Waals surface area contributed by atoms with Gasteiger partial charge in [0.2, 0.25) is 0 Å². The highest BCUT2D eigenvalue weighted by Gasteiger charge is 2.07. The molecule has 2 heterocycles. The summed E-state index contributed by atoms with van der Waals surface area (Å²) in [6.45, 7) is 8.38. The molecule has 2 aromatic heterocycles. The molecule has 0 atom stereocenters. The summed E-state index contributed by atoms with van der Waals surface area (Å²) in [6.07, 6.45) is 3.28. The van der Waals surface area contributed by atoms with Crippen molar-refractivity contribution in [2.75, 3.05) is 20.1 Å². The number of pyridine rings is 1. The van der Waals surface area contributed by atoms with E-state index in [0.717, 1.165) is 37.3 Å². The van der Waals surface area contributed by atoms with Gasteiger partial charge in [0.05, 0.1) is 5.69 Å². The average Bonchev–Trinajstić information content (AvgIpc) is 2.77. The first-order valence-corrected chi connectivity index (χ1v) is 7.68. The highest BCUT2D eigenvalue weighted by atomic mass is 15.1. The molecule has 0 saturated heterocycles. The molecule has 0 amide bonds. The van der Waals surface area contributed by atoms with Gasteiger partial charge in [-0.25, -0.2) is 0 Å². The van der Waals surface area contributed by atoms with E-state index in [9.17, 15) is 0 Å². The van der Waals surface area contributed by atoms with E-state index in [1.54, 1.807) is 0 Å². The number of rotatable bonds is 7. The minimum Gasteiger partial charge on any atom is -0.306 e. The van der Waals surface area contributed by atoms with Crippen molar-refractivity contribution >= 4 is 0 Å². The second-order valence-corrected chi connectivity index (χ2v) is 5.84. The average molecular weight is 286 g/mol. The van der Waals surface area contributed by atoms with Gasteiger partial charge in [-0.05, 0) is 64.9 Å². The van der Waals surface area contributed by atoms with Crippen LogP contribution in [0.15, 0.2) is 18.2 Å². The maximum absolute atomic E-state index is 4.55. The van der Waals surface area contributed by atoms with Crippen molar-refractivity contribution in [3.05, 3.63) is 46.5 Å². The Hall–Kier alpha value is -1.68. The van der Waals surface area contributed by atoms with Gasteiger partial charge in [-0.1, -0.05) is 6.07 Å². The fourth-order valence-corrected chi connectivity index (χ4v) is 2.62. The van der Waals surface area contributed by atoms with Crippen molar-refractivity contribution in [3.63, 3.8) is 0 Å². The lowest BCUT2D eigenvalue weighted by Gasteiger charge is -2.16. The summed E-state index contributed by atoms with van der Waals surface area (Å²) < 4.78 is 0. The predicted molar refractivity (Wildman–Crippen MR) is 86.6 cm³/mol. The molecular formula is C17H26N4.